The van der Waals surface area contributed by atoms with Crippen LogP contribution in [0.5, 0.6) is 0 Å². The van der Waals surface area contributed by atoms with Crippen molar-refractivity contribution in [3.8, 4) is 22.5 Å². The average molecular weight is 845 g/mol. The number of hydrogen-bond acceptors (Lipinski definition) is 7. The largest absolute Gasteiger partial charge is 0.435 e. The maximum atomic E-state index is 15.6. The summed E-state index contributed by atoms with van der Waals surface area (Å²) in [4.78, 5) is 23.2. The first-order valence-corrected chi connectivity index (χ1v) is 19.6. The Hall–Kier alpha value is -5.82. The van der Waals surface area contributed by atoms with Gasteiger partial charge < -0.3 is 5.32 Å². The van der Waals surface area contributed by atoms with Crippen LogP contribution in [0.15, 0.2) is 79.0 Å². The molecule has 300 valence electrons. The number of nitrogens with zero attached hydrogens (tertiary/aromatic N) is 6. The summed E-state index contributed by atoms with van der Waals surface area (Å²) in [6.07, 6.45) is -0.704. The van der Waals surface area contributed by atoms with Crippen LogP contribution in [-0.2, 0) is 46.9 Å². The first-order chi connectivity index (χ1) is 27.3. The summed E-state index contributed by atoms with van der Waals surface area (Å²) in [6, 6.07) is 12.6. The standard InChI is InChI=1S/C38H28ClF7N8O3S/c1-53-33-22(7-10-25(39)31(33)36(51-53)52-58(2,56)57)21-8-11-27(26-5-3-4-12-47-26)49-32(21)28(15-18-13-19(40)16-20(41)14-18)48-29(55)17-54-35-30(34(50-54)38(44,45)46)23-6-9-24(23)37(35,42)43/h3-14,16,23-24,28H,15,17H2,1-2H3,(H,48,55)(H,51,52)/t23-,24+,28-/m0/s1. The molecule has 4 aromatic heterocycles. The van der Waals surface area contributed by atoms with E-state index in [-0.39, 0.29) is 45.2 Å². The van der Waals surface area contributed by atoms with Crippen molar-refractivity contribution < 1.29 is 43.9 Å². The summed E-state index contributed by atoms with van der Waals surface area (Å²) < 4.78 is 131. The van der Waals surface area contributed by atoms with E-state index in [2.05, 4.69) is 25.2 Å². The highest BCUT2D eigenvalue weighted by atomic mass is 35.5. The quantitative estimate of drug-likeness (QED) is 0.107. The Morgan fingerprint density at radius 1 is 0.983 bits per heavy atom. The topological polar surface area (TPSA) is 137 Å². The minimum Gasteiger partial charge on any atom is -0.346 e. The Morgan fingerprint density at radius 2 is 1.71 bits per heavy atom. The third-order valence-corrected chi connectivity index (χ3v) is 10.8. The van der Waals surface area contributed by atoms with Gasteiger partial charge in [0.15, 0.2) is 11.5 Å². The van der Waals surface area contributed by atoms with Crippen LogP contribution in [0.4, 0.5) is 36.6 Å². The minimum absolute atomic E-state index is 0.0220. The number of aryl methyl sites for hydroxylation is 1. The van der Waals surface area contributed by atoms with Crippen LogP contribution in [0, 0.1) is 17.6 Å². The summed E-state index contributed by atoms with van der Waals surface area (Å²) in [6.45, 7) is -1.09. The molecule has 8 rings (SSSR count). The third-order valence-electron chi connectivity index (χ3n) is 9.92. The molecule has 2 aliphatic carbocycles. The number of benzene rings is 2. The van der Waals surface area contributed by atoms with E-state index < -0.39 is 81.0 Å². The van der Waals surface area contributed by atoms with Gasteiger partial charge in [0.1, 0.15) is 23.9 Å². The van der Waals surface area contributed by atoms with Crippen LogP contribution in [0.3, 0.4) is 0 Å². The van der Waals surface area contributed by atoms with Crippen molar-refractivity contribution >= 4 is 44.3 Å². The molecule has 2 aromatic carbocycles. The SMILES string of the molecule is Cn1nc(NS(C)(=O)=O)c2c(Cl)ccc(-c3ccc(-c4ccccn4)nc3[C@H](Cc3cc(F)cc(F)c3)NC(=O)Cn3nc(C(F)(F)F)c4c3C(F)(F)[C@@H]3C=C[C@H]43)c21. The van der Waals surface area contributed by atoms with Gasteiger partial charge in [-0.1, -0.05) is 42.0 Å². The number of halogens is 8. The fourth-order valence-electron chi connectivity index (χ4n) is 7.60. The first-order valence-electron chi connectivity index (χ1n) is 17.3. The lowest BCUT2D eigenvalue weighted by atomic mass is 9.81. The molecule has 0 spiro atoms. The Labute approximate surface area is 329 Å². The lowest BCUT2D eigenvalue weighted by Gasteiger charge is -2.27. The van der Waals surface area contributed by atoms with E-state index >= 15 is 8.78 Å². The van der Waals surface area contributed by atoms with Gasteiger partial charge in [0, 0.05) is 41.9 Å². The van der Waals surface area contributed by atoms with Crippen molar-refractivity contribution in [3.05, 3.63) is 124 Å². The van der Waals surface area contributed by atoms with Crippen molar-refractivity contribution in [2.24, 2.45) is 13.0 Å². The molecule has 6 aromatic rings. The highest BCUT2D eigenvalue weighted by Crippen LogP contribution is 2.60. The number of amides is 1. The van der Waals surface area contributed by atoms with E-state index in [9.17, 15) is 35.2 Å². The molecule has 0 saturated carbocycles. The van der Waals surface area contributed by atoms with Gasteiger partial charge in [0.05, 0.1) is 51.2 Å². The van der Waals surface area contributed by atoms with Crippen LogP contribution in [0.2, 0.25) is 5.02 Å². The van der Waals surface area contributed by atoms with Gasteiger partial charge in [0.25, 0.3) is 5.92 Å². The molecule has 11 nitrogen and oxygen atoms in total. The fourth-order valence-corrected chi connectivity index (χ4v) is 8.34. The molecule has 3 atom stereocenters. The number of alkyl halides is 5. The molecule has 1 amide bonds. The van der Waals surface area contributed by atoms with Gasteiger partial charge in [-0.15, -0.1) is 0 Å². The maximum Gasteiger partial charge on any atom is 0.435 e. The fraction of sp³-hybridized carbons (Fsp3) is 0.237. The molecular weight excluding hydrogens is 817 g/mol. The number of nitrogens with one attached hydrogen (secondary N) is 2. The first kappa shape index (κ1) is 39.0. The number of hydrogen-bond donors (Lipinski definition) is 2. The highest BCUT2D eigenvalue weighted by molar-refractivity contribution is 7.92. The minimum atomic E-state index is -5.11. The number of rotatable bonds is 10. The van der Waals surface area contributed by atoms with Gasteiger partial charge in [-0.2, -0.15) is 32.1 Å². The molecule has 0 unspecified atom stereocenters. The van der Waals surface area contributed by atoms with Gasteiger partial charge in [0.2, 0.25) is 15.9 Å². The molecular formula is C38H28ClF7N8O3S. The summed E-state index contributed by atoms with van der Waals surface area (Å²) in [5.41, 5.74) is -1.66. The van der Waals surface area contributed by atoms with Crippen molar-refractivity contribution in [1.29, 1.82) is 0 Å². The van der Waals surface area contributed by atoms with Crippen LogP contribution >= 0.6 is 11.6 Å². The lowest BCUT2D eigenvalue weighted by molar-refractivity contribution is -0.142. The zero-order valence-electron chi connectivity index (χ0n) is 30.0. The Balaban J connectivity index is 1.29. The number of carbonyl (C=O) groups excluding carboxylic acids is 1. The number of anilines is 1. The van der Waals surface area contributed by atoms with E-state index in [1.165, 1.54) is 30.1 Å². The molecule has 2 N–H and O–H groups in total. The smallest absolute Gasteiger partial charge is 0.346 e. The van der Waals surface area contributed by atoms with Crippen LogP contribution in [0.1, 0.15) is 40.2 Å². The Bertz CT molecular complexity index is 2770. The Kier molecular flexibility index (Phi) is 9.37. The van der Waals surface area contributed by atoms with Gasteiger partial charge >= 0.3 is 6.18 Å². The predicted octanol–water partition coefficient (Wildman–Crippen LogP) is 7.69. The number of fused-ring (bicyclic) bond motifs is 4. The maximum absolute atomic E-state index is 15.6. The van der Waals surface area contributed by atoms with Crippen molar-refractivity contribution in [2.45, 2.75) is 37.0 Å². The van der Waals surface area contributed by atoms with Gasteiger partial charge in [-0.3, -0.25) is 23.9 Å². The molecule has 4 heterocycles. The second-order valence-corrected chi connectivity index (χ2v) is 16.1. The van der Waals surface area contributed by atoms with Crippen molar-refractivity contribution in [3.63, 3.8) is 0 Å². The van der Waals surface area contributed by atoms with Crippen molar-refractivity contribution in [1.82, 2.24) is 34.8 Å². The number of pyridine rings is 2. The summed E-state index contributed by atoms with van der Waals surface area (Å²) in [5.74, 6) is -9.64. The monoisotopic (exact) mass is 844 g/mol. The molecule has 0 bridgehead atoms. The zero-order valence-corrected chi connectivity index (χ0v) is 31.6. The number of sulfonamides is 1. The lowest BCUT2D eigenvalue weighted by Crippen LogP contribution is -2.36. The van der Waals surface area contributed by atoms with Crippen LogP contribution < -0.4 is 10.0 Å². The van der Waals surface area contributed by atoms with Crippen LogP contribution in [-0.4, -0.2) is 50.1 Å². The summed E-state index contributed by atoms with van der Waals surface area (Å²) in [7, 11) is -2.32. The molecule has 0 radical (unpaired) electrons. The van der Waals surface area contributed by atoms with Gasteiger partial charge in [-0.05, 0) is 48.4 Å². The second-order valence-electron chi connectivity index (χ2n) is 13.9. The molecule has 2 aliphatic rings. The summed E-state index contributed by atoms with van der Waals surface area (Å²) >= 11 is 6.59. The molecule has 0 aliphatic heterocycles. The van der Waals surface area contributed by atoms with E-state index in [1.807, 2.05) is 0 Å². The molecule has 58 heavy (non-hydrogen) atoms. The second kappa shape index (κ2) is 13.9. The molecule has 20 heteroatoms. The number of carbonyl (C=O) groups is 1. The van der Waals surface area contributed by atoms with Gasteiger partial charge in [-0.25, -0.2) is 22.2 Å². The highest BCUT2D eigenvalue weighted by Gasteiger charge is 2.61. The zero-order chi connectivity index (χ0) is 41.5. The van der Waals surface area contributed by atoms with E-state index in [0.29, 0.717) is 27.5 Å². The van der Waals surface area contributed by atoms with Crippen LogP contribution in [0.25, 0.3) is 33.4 Å². The Morgan fingerprint density at radius 3 is 2.34 bits per heavy atom. The molecule has 0 fully saturated rings. The van der Waals surface area contributed by atoms with E-state index in [4.69, 9.17) is 16.6 Å². The van der Waals surface area contributed by atoms with E-state index in [0.717, 1.165) is 24.5 Å². The van der Waals surface area contributed by atoms with E-state index in [1.54, 1.807) is 36.4 Å². The summed E-state index contributed by atoms with van der Waals surface area (Å²) in [5, 5.41) is 10.8. The predicted molar refractivity (Wildman–Crippen MR) is 198 cm³/mol. The third kappa shape index (κ3) is 6.95. The number of allylic oxidation sites excluding steroid dienone is 2. The van der Waals surface area contributed by atoms with Crippen molar-refractivity contribution in [2.75, 3.05) is 11.0 Å². The molecule has 0 saturated heterocycles. The average Bonchev–Trinajstić information content (AvgIpc) is 3.69. The normalized spacial score (nSPS) is 17.5. The number of aromatic nitrogens is 6.